The van der Waals surface area contributed by atoms with Crippen LogP contribution in [0.1, 0.15) is 51.6 Å². The lowest BCUT2D eigenvalue weighted by Crippen LogP contribution is -2.50. The van der Waals surface area contributed by atoms with Crippen LogP contribution in [0, 0.1) is 5.92 Å². The summed E-state index contributed by atoms with van der Waals surface area (Å²) in [4.78, 5) is 31.3. The van der Waals surface area contributed by atoms with E-state index in [2.05, 4.69) is 9.62 Å². The standard InChI is InChI=1S/C31H40N6O5S/c1-22(2)29(38)35-15-13-34(14-16-35)27-17-25(43(40,41)33-31(3)10-11-31)18-28-26(27)19-32-37(28)24-9-12-36(20-24)30(39)42-21-23-7-5-4-6-8-23/h4-8,17-19,22,24,33H,9-16,20-21H2,1-3H3. The number of rotatable bonds is 8. The number of benzene rings is 2. The molecular weight excluding hydrogens is 568 g/mol. The van der Waals surface area contributed by atoms with E-state index in [1.54, 1.807) is 23.2 Å². The van der Waals surface area contributed by atoms with E-state index >= 15 is 0 Å². The Morgan fingerprint density at radius 2 is 1.77 bits per heavy atom. The van der Waals surface area contributed by atoms with Crippen molar-refractivity contribution in [1.29, 1.82) is 0 Å². The Balaban J connectivity index is 1.26. The van der Waals surface area contributed by atoms with Crippen LogP contribution in [0.3, 0.4) is 0 Å². The van der Waals surface area contributed by atoms with Gasteiger partial charge in [0.15, 0.2) is 0 Å². The van der Waals surface area contributed by atoms with Gasteiger partial charge in [-0.1, -0.05) is 44.2 Å². The number of hydrogen-bond acceptors (Lipinski definition) is 7. The second-order valence-corrected chi connectivity index (χ2v) is 14.2. The molecule has 2 aromatic carbocycles. The maximum atomic E-state index is 13.6. The number of piperazine rings is 1. The van der Waals surface area contributed by atoms with Crippen molar-refractivity contribution in [3.63, 3.8) is 0 Å². The van der Waals surface area contributed by atoms with Gasteiger partial charge in [0.25, 0.3) is 0 Å². The molecule has 1 atom stereocenters. The fraction of sp³-hybridized carbons (Fsp3) is 0.516. The number of aromatic nitrogens is 2. The summed E-state index contributed by atoms with van der Waals surface area (Å²) >= 11 is 0. The smallest absolute Gasteiger partial charge is 0.410 e. The number of ether oxygens (including phenoxy) is 1. The van der Waals surface area contributed by atoms with Gasteiger partial charge in [-0.05, 0) is 43.9 Å². The number of sulfonamides is 1. The summed E-state index contributed by atoms with van der Waals surface area (Å²) in [5.74, 6) is 0.0605. The predicted octanol–water partition coefficient (Wildman–Crippen LogP) is 3.76. The summed E-state index contributed by atoms with van der Waals surface area (Å²) < 4.78 is 37.5. The summed E-state index contributed by atoms with van der Waals surface area (Å²) in [5, 5.41) is 5.58. The van der Waals surface area contributed by atoms with Crippen molar-refractivity contribution in [1.82, 2.24) is 24.3 Å². The van der Waals surface area contributed by atoms with Crippen LogP contribution in [0.5, 0.6) is 0 Å². The number of anilines is 1. The third-order valence-corrected chi connectivity index (χ3v) is 10.4. The number of amides is 2. The molecule has 3 fully saturated rings. The van der Waals surface area contributed by atoms with E-state index in [1.165, 1.54) is 0 Å². The van der Waals surface area contributed by atoms with Gasteiger partial charge in [-0.2, -0.15) is 5.10 Å². The zero-order chi connectivity index (χ0) is 30.4. The Hall–Kier alpha value is -3.64. The molecule has 3 aromatic rings. The van der Waals surface area contributed by atoms with Gasteiger partial charge in [-0.25, -0.2) is 17.9 Å². The second-order valence-electron chi connectivity index (χ2n) is 12.5. The van der Waals surface area contributed by atoms with E-state index in [1.807, 2.05) is 60.7 Å². The molecule has 12 heteroatoms. The first-order valence-corrected chi connectivity index (χ1v) is 16.6. The number of carbonyl (C=O) groups is 2. The number of hydrogen-bond donors (Lipinski definition) is 1. The van der Waals surface area contributed by atoms with Crippen molar-refractivity contribution >= 4 is 38.6 Å². The lowest BCUT2D eigenvalue weighted by atomic mass is 10.1. The molecule has 0 bridgehead atoms. The summed E-state index contributed by atoms with van der Waals surface area (Å²) in [6, 6.07) is 12.9. The second kappa shape index (κ2) is 11.5. The molecule has 2 saturated heterocycles. The third-order valence-electron chi connectivity index (χ3n) is 8.76. The molecule has 2 amide bonds. The lowest BCUT2D eigenvalue weighted by molar-refractivity contribution is -0.134. The van der Waals surface area contributed by atoms with Crippen LogP contribution in [-0.2, 0) is 26.2 Å². The Kier molecular flexibility index (Phi) is 7.84. The minimum atomic E-state index is -3.79. The molecule has 0 radical (unpaired) electrons. The van der Waals surface area contributed by atoms with Crippen LogP contribution >= 0.6 is 0 Å². The SMILES string of the molecule is CC(C)C(=O)N1CCN(c2cc(S(=O)(=O)NC3(C)CC3)cc3c2cnn3C2CCN(C(=O)OCc3ccccc3)C2)CC1. The molecule has 0 spiro atoms. The van der Waals surface area contributed by atoms with Crippen LogP contribution in [0.25, 0.3) is 10.9 Å². The molecule has 3 heterocycles. The fourth-order valence-electron chi connectivity index (χ4n) is 5.93. The number of nitrogens with one attached hydrogen (secondary N) is 1. The summed E-state index contributed by atoms with van der Waals surface area (Å²) in [5.41, 5.74) is 2.01. The average Bonchev–Trinajstić information content (AvgIpc) is 3.36. The molecule has 11 nitrogen and oxygen atoms in total. The quantitative estimate of drug-likeness (QED) is 0.414. The van der Waals surface area contributed by atoms with Crippen molar-refractivity contribution in [3.05, 3.63) is 54.2 Å². The Morgan fingerprint density at radius 3 is 2.44 bits per heavy atom. The maximum Gasteiger partial charge on any atom is 0.410 e. The molecule has 3 aliphatic rings. The van der Waals surface area contributed by atoms with Gasteiger partial charge in [-0.15, -0.1) is 0 Å². The molecule has 2 aliphatic heterocycles. The van der Waals surface area contributed by atoms with Crippen molar-refractivity contribution in [3.8, 4) is 0 Å². The van der Waals surface area contributed by atoms with Crippen LogP contribution in [-0.4, -0.2) is 84.8 Å². The van der Waals surface area contributed by atoms with E-state index in [9.17, 15) is 18.0 Å². The van der Waals surface area contributed by atoms with Gasteiger partial charge >= 0.3 is 6.09 Å². The van der Waals surface area contributed by atoms with E-state index in [-0.39, 0.29) is 35.5 Å². The first kappa shape index (κ1) is 29.4. The highest BCUT2D eigenvalue weighted by atomic mass is 32.2. The molecule has 1 aliphatic carbocycles. The van der Waals surface area contributed by atoms with E-state index in [0.717, 1.165) is 29.5 Å². The van der Waals surface area contributed by atoms with E-state index in [4.69, 9.17) is 9.84 Å². The molecule has 230 valence electrons. The maximum absolute atomic E-state index is 13.6. The minimum Gasteiger partial charge on any atom is -0.445 e. The zero-order valence-corrected chi connectivity index (χ0v) is 25.8. The van der Waals surface area contributed by atoms with Crippen molar-refractivity contribution in [2.45, 2.75) is 63.1 Å². The molecule has 1 saturated carbocycles. The molecule has 1 aromatic heterocycles. The summed E-state index contributed by atoms with van der Waals surface area (Å²) in [7, 11) is -3.79. The Morgan fingerprint density at radius 1 is 1.05 bits per heavy atom. The van der Waals surface area contributed by atoms with Gasteiger partial charge in [0.1, 0.15) is 6.61 Å². The summed E-state index contributed by atoms with van der Waals surface area (Å²) in [6.07, 6.45) is 3.71. The largest absolute Gasteiger partial charge is 0.445 e. The molecule has 43 heavy (non-hydrogen) atoms. The first-order valence-electron chi connectivity index (χ1n) is 15.1. The highest BCUT2D eigenvalue weighted by Crippen LogP contribution is 2.38. The molecule has 1 unspecified atom stereocenters. The van der Waals surface area contributed by atoms with Gasteiger partial charge in [-0.3, -0.25) is 9.48 Å². The van der Waals surface area contributed by atoms with E-state index < -0.39 is 15.6 Å². The normalized spacial score (nSPS) is 20.2. The van der Waals surface area contributed by atoms with Crippen LogP contribution < -0.4 is 9.62 Å². The summed E-state index contributed by atoms with van der Waals surface area (Å²) in [6.45, 7) is 9.21. The van der Waals surface area contributed by atoms with E-state index in [0.29, 0.717) is 51.2 Å². The monoisotopic (exact) mass is 608 g/mol. The number of fused-ring (bicyclic) bond motifs is 1. The average molecular weight is 609 g/mol. The lowest BCUT2D eigenvalue weighted by Gasteiger charge is -2.37. The molecule has 6 rings (SSSR count). The number of carbonyl (C=O) groups excluding carboxylic acids is 2. The Labute approximate surface area is 252 Å². The van der Waals surface area contributed by atoms with Gasteiger partial charge in [0.05, 0.1) is 22.7 Å². The highest BCUT2D eigenvalue weighted by molar-refractivity contribution is 7.89. The van der Waals surface area contributed by atoms with Gasteiger partial charge in [0.2, 0.25) is 15.9 Å². The number of likely N-dealkylation sites (tertiary alicyclic amines) is 1. The molecule has 1 N–H and O–H groups in total. The Bertz CT molecular complexity index is 1610. The highest BCUT2D eigenvalue weighted by Gasteiger charge is 2.42. The number of nitrogens with zero attached hydrogens (tertiary/aromatic N) is 5. The topological polar surface area (TPSA) is 117 Å². The predicted molar refractivity (Wildman–Crippen MR) is 163 cm³/mol. The zero-order valence-electron chi connectivity index (χ0n) is 25.0. The van der Waals surface area contributed by atoms with Gasteiger partial charge < -0.3 is 19.4 Å². The van der Waals surface area contributed by atoms with Crippen molar-refractivity contribution in [2.75, 3.05) is 44.2 Å². The van der Waals surface area contributed by atoms with Crippen LogP contribution in [0.15, 0.2) is 53.6 Å². The van der Waals surface area contributed by atoms with Crippen molar-refractivity contribution in [2.24, 2.45) is 5.92 Å². The molecular formula is C31H40N6O5S. The van der Waals surface area contributed by atoms with Crippen molar-refractivity contribution < 1.29 is 22.7 Å². The first-order chi connectivity index (χ1) is 20.5. The fourth-order valence-corrected chi connectivity index (χ4v) is 7.44. The van der Waals surface area contributed by atoms with Gasteiger partial charge in [0, 0.05) is 61.8 Å². The van der Waals surface area contributed by atoms with Crippen LogP contribution in [0.2, 0.25) is 0 Å². The minimum absolute atomic E-state index is 0.0681. The third kappa shape index (κ3) is 6.21. The van der Waals surface area contributed by atoms with Crippen LogP contribution in [0.4, 0.5) is 10.5 Å².